The first kappa shape index (κ1) is 4.74. The van der Waals surface area contributed by atoms with Crippen LogP contribution in [-0.4, -0.2) is 0 Å². The first-order valence-corrected chi connectivity index (χ1v) is 1.65. The summed E-state index contributed by atoms with van der Waals surface area (Å²) in [4.78, 5) is 0. The van der Waals surface area contributed by atoms with Gasteiger partial charge in [-0.05, 0) is 12.8 Å². The predicted molar refractivity (Wildman–Crippen MR) is 25.1 cm³/mol. The lowest BCUT2D eigenvalue weighted by Crippen LogP contribution is -1.71. The van der Waals surface area contributed by atoms with Gasteiger partial charge in [-0.15, -0.1) is 0 Å². The molecule has 0 aromatic carbocycles. The lowest BCUT2D eigenvalue weighted by Gasteiger charge is -1.92. The van der Waals surface area contributed by atoms with Gasteiger partial charge in [-0.1, -0.05) is 19.6 Å². The van der Waals surface area contributed by atoms with Gasteiger partial charge >= 0.3 is 0 Å². The van der Waals surface area contributed by atoms with Crippen LogP contribution in [-0.2, 0) is 0 Å². The minimum atomic E-state index is 0. The molecule has 0 radical (unpaired) electrons. The van der Waals surface area contributed by atoms with Crippen LogP contribution in [0.15, 0.2) is 12.2 Å². The van der Waals surface area contributed by atoms with E-state index in [4.69, 9.17) is 0 Å². The van der Waals surface area contributed by atoms with Crippen LogP contribution in [0.4, 0.5) is 0 Å². The molecule has 0 aromatic rings. The molecule has 0 aliphatic heterocycles. The topological polar surface area (TPSA) is 0 Å². The van der Waals surface area contributed by atoms with Crippen molar-refractivity contribution in [1.29, 1.82) is 0 Å². The zero-order valence-corrected chi connectivity index (χ0v) is 2.57. The fraction of sp³-hybridized carbons (Fsp3) is 0.600. The minimum absolute atomic E-state index is 0. The lowest BCUT2D eigenvalue weighted by molar-refractivity contribution is 0.962. The molecule has 1 aliphatic rings. The molecule has 5 heavy (non-hydrogen) atoms. The van der Waals surface area contributed by atoms with Gasteiger partial charge in [0.05, 0.1) is 0 Å². The summed E-state index contributed by atoms with van der Waals surface area (Å²) in [5, 5.41) is 0. The molecule has 0 N–H and O–H groups in total. The summed E-state index contributed by atoms with van der Waals surface area (Å²) in [5.41, 5.74) is 0. The molecule has 0 fully saturated rings. The van der Waals surface area contributed by atoms with Crippen molar-refractivity contribution in [2.75, 3.05) is 0 Å². The quantitative estimate of drug-likeness (QED) is 0.382. The summed E-state index contributed by atoms with van der Waals surface area (Å²) in [5.74, 6) is 0. The highest BCUT2D eigenvalue weighted by Gasteiger charge is 1.81. The summed E-state index contributed by atoms with van der Waals surface area (Å²) in [6.07, 6.45) is 7.00. The van der Waals surface area contributed by atoms with E-state index in [9.17, 15) is 0 Å². The molecule has 0 nitrogen and oxygen atoms in total. The van der Waals surface area contributed by atoms with Gasteiger partial charge in [0.2, 0.25) is 0 Å². The van der Waals surface area contributed by atoms with E-state index in [-0.39, 0.29) is 7.43 Å². The number of hydrogen-bond donors (Lipinski definition) is 0. The van der Waals surface area contributed by atoms with E-state index in [0.29, 0.717) is 0 Å². The molecule has 0 saturated heterocycles. The van der Waals surface area contributed by atoms with Crippen molar-refractivity contribution in [2.45, 2.75) is 20.3 Å². The number of allylic oxidation sites excluding steroid dienone is 2. The Kier molecular flexibility index (Phi) is 1.90. The van der Waals surface area contributed by atoms with Crippen LogP contribution in [0.5, 0.6) is 0 Å². The van der Waals surface area contributed by atoms with E-state index < -0.39 is 0 Å². The van der Waals surface area contributed by atoms with Gasteiger partial charge in [-0.2, -0.15) is 0 Å². The highest BCUT2D eigenvalue weighted by Crippen LogP contribution is 2.01. The first-order valence-electron chi connectivity index (χ1n) is 1.65. The first-order chi connectivity index (χ1) is 2.00. The van der Waals surface area contributed by atoms with Crippen molar-refractivity contribution in [3.8, 4) is 0 Å². The summed E-state index contributed by atoms with van der Waals surface area (Å²) < 4.78 is 0. The summed E-state index contributed by atoms with van der Waals surface area (Å²) in [6, 6.07) is 0. The maximum Gasteiger partial charge on any atom is -0.0316 e. The largest absolute Gasteiger partial charge is 0.0882 e. The van der Waals surface area contributed by atoms with Gasteiger partial charge in [0, 0.05) is 0 Å². The van der Waals surface area contributed by atoms with E-state index >= 15 is 0 Å². The van der Waals surface area contributed by atoms with Gasteiger partial charge in [-0.25, -0.2) is 0 Å². The molecule has 1 rings (SSSR count). The maximum atomic E-state index is 2.18. The van der Waals surface area contributed by atoms with Crippen molar-refractivity contribution in [1.82, 2.24) is 0 Å². The zero-order chi connectivity index (χ0) is 2.83. The van der Waals surface area contributed by atoms with Gasteiger partial charge in [0.1, 0.15) is 0 Å². The molecule has 0 saturated carbocycles. The molecule has 0 aromatic heterocycles. The Labute approximate surface area is 33.5 Å². The highest BCUT2D eigenvalue weighted by atomic mass is 13.9. The van der Waals surface area contributed by atoms with Crippen molar-refractivity contribution < 1.29 is 0 Å². The molecule has 0 heteroatoms. The molecule has 0 spiro atoms. The monoisotopic (exact) mass is 70.1 g/mol. The summed E-state index contributed by atoms with van der Waals surface area (Å²) in [6.45, 7) is 0. The standard InChI is InChI=1S/C4H6.CH4/c1-2-4-3-1;/h1-2H,3-4H2;1H4. The molecular formula is C5H10. The molecule has 0 unspecified atom stereocenters. The van der Waals surface area contributed by atoms with Crippen molar-refractivity contribution in [3.63, 3.8) is 0 Å². The molecule has 0 heterocycles. The van der Waals surface area contributed by atoms with E-state index in [1.807, 2.05) is 0 Å². The maximum absolute atomic E-state index is 2.18. The lowest BCUT2D eigenvalue weighted by atomic mass is 10.1. The predicted octanol–water partition coefficient (Wildman–Crippen LogP) is 1.97. The van der Waals surface area contributed by atoms with Crippen LogP contribution in [0.1, 0.15) is 20.3 Å². The minimum Gasteiger partial charge on any atom is -0.0882 e. The Morgan fingerprint density at radius 3 is 1.20 bits per heavy atom. The summed E-state index contributed by atoms with van der Waals surface area (Å²) >= 11 is 0. The fourth-order valence-corrected chi connectivity index (χ4v) is 0.167. The van der Waals surface area contributed by atoms with Crippen molar-refractivity contribution >= 4 is 0 Å². The van der Waals surface area contributed by atoms with Crippen LogP contribution in [0.3, 0.4) is 0 Å². The van der Waals surface area contributed by atoms with Crippen LogP contribution in [0.2, 0.25) is 0 Å². The third-order valence-electron chi connectivity index (χ3n) is 0.667. The fourth-order valence-electron chi connectivity index (χ4n) is 0.167. The van der Waals surface area contributed by atoms with Gasteiger partial charge in [0.15, 0.2) is 0 Å². The van der Waals surface area contributed by atoms with Crippen LogP contribution >= 0.6 is 0 Å². The molecule has 0 atom stereocenters. The Bertz CT molecular complexity index is 29.3. The average molecular weight is 70.1 g/mol. The van der Waals surface area contributed by atoms with E-state index in [0.717, 1.165) is 0 Å². The average Bonchev–Trinajstić information content (AvgIpc) is 0.722. The number of rotatable bonds is 0. The third-order valence-corrected chi connectivity index (χ3v) is 0.667. The molecule has 1 aliphatic carbocycles. The van der Waals surface area contributed by atoms with Gasteiger partial charge in [0.25, 0.3) is 0 Å². The highest BCUT2D eigenvalue weighted by molar-refractivity contribution is 4.92. The molecule has 30 valence electrons. The SMILES string of the molecule is C.C1=CCC1. The van der Waals surface area contributed by atoms with E-state index in [1.54, 1.807) is 0 Å². The Morgan fingerprint density at radius 1 is 1.00 bits per heavy atom. The van der Waals surface area contributed by atoms with Gasteiger partial charge < -0.3 is 0 Å². The second-order valence-electron chi connectivity index (χ2n) is 1.05. The number of hydrogen-bond acceptors (Lipinski definition) is 0. The van der Waals surface area contributed by atoms with E-state index in [1.165, 1.54) is 12.8 Å². The van der Waals surface area contributed by atoms with Crippen molar-refractivity contribution in [3.05, 3.63) is 12.2 Å². The second kappa shape index (κ2) is 2.01. The normalized spacial score (nSPS) is 16.0. The smallest absolute Gasteiger partial charge is 0.0316 e. The zero-order valence-electron chi connectivity index (χ0n) is 2.57. The third kappa shape index (κ3) is 0.810. The second-order valence-corrected chi connectivity index (χ2v) is 1.05. The van der Waals surface area contributed by atoms with Crippen LogP contribution < -0.4 is 0 Å². The van der Waals surface area contributed by atoms with Crippen molar-refractivity contribution in [2.24, 2.45) is 0 Å². The Hall–Kier alpha value is -0.260. The molecular weight excluding hydrogens is 60.1 g/mol. The Morgan fingerprint density at radius 2 is 1.20 bits per heavy atom. The molecule has 0 bridgehead atoms. The van der Waals surface area contributed by atoms with Crippen LogP contribution in [0.25, 0.3) is 0 Å². The summed E-state index contributed by atoms with van der Waals surface area (Å²) in [7, 11) is 0. The molecule has 0 amide bonds. The van der Waals surface area contributed by atoms with E-state index in [2.05, 4.69) is 12.2 Å². The van der Waals surface area contributed by atoms with Gasteiger partial charge in [-0.3, -0.25) is 0 Å². The van der Waals surface area contributed by atoms with Crippen LogP contribution in [0, 0.1) is 0 Å². The Balaban J connectivity index is 0.000000160.